The number of para-hydroxylation sites is 1. The highest BCUT2D eigenvalue weighted by Gasteiger charge is 2.36. The van der Waals surface area contributed by atoms with Crippen LogP contribution in [0.2, 0.25) is 0 Å². The van der Waals surface area contributed by atoms with Crippen LogP contribution in [-0.4, -0.2) is 49.2 Å². The van der Waals surface area contributed by atoms with Crippen molar-refractivity contribution >= 4 is 11.9 Å². The van der Waals surface area contributed by atoms with E-state index in [9.17, 15) is 14.7 Å². The highest BCUT2D eigenvalue weighted by atomic mass is 16.4. The number of nitrogens with zero attached hydrogens (tertiary/aromatic N) is 4. The molecule has 7 nitrogen and oxygen atoms in total. The molecule has 7 heteroatoms. The number of hydrogen-bond donors (Lipinski definition) is 1. The zero-order valence-electron chi connectivity index (χ0n) is 16.2. The lowest BCUT2D eigenvalue weighted by Crippen LogP contribution is -2.39. The molecule has 0 bridgehead atoms. The number of carboxylic acids is 1. The van der Waals surface area contributed by atoms with Gasteiger partial charge in [-0.05, 0) is 37.3 Å². The van der Waals surface area contributed by atoms with Crippen LogP contribution in [0.15, 0.2) is 24.3 Å². The number of carbonyl (C=O) groups is 2. The lowest BCUT2D eigenvalue weighted by molar-refractivity contribution is -0.141. The first-order valence-electron chi connectivity index (χ1n) is 9.36. The third-order valence-electron chi connectivity index (χ3n) is 4.89. The third-order valence-corrected chi connectivity index (χ3v) is 4.89. The number of carboxylic acid groups (broad SMARTS) is 1. The van der Waals surface area contributed by atoms with Gasteiger partial charge < -0.3 is 10.0 Å². The van der Waals surface area contributed by atoms with E-state index in [1.807, 2.05) is 31.2 Å². The topological polar surface area (TPSA) is 88.3 Å². The van der Waals surface area contributed by atoms with Crippen molar-refractivity contribution in [1.29, 1.82) is 0 Å². The van der Waals surface area contributed by atoms with E-state index in [2.05, 4.69) is 23.9 Å². The predicted molar refractivity (Wildman–Crippen MR) is 101 cm³/mol. The van der Waals surface area contributed by atoms with Crippen LogP contribution in [0.4, 0.5) is 0 Å². The van der Waals surface area contributed by atoms with Gasteiger partial charge in [-0.3, -0.25) is 9.59 Å². The summed E-state index contributed by atoms with van der Waals surface area (Å²) >= 11 is 0. The van der Waals surface area contributed by atoms with Crippen LogP contribution in [0.25, 0.3) is 5.69 Å². The first-order chi connectivity index (χ1) is 12.8. The molecule has 1 amide bonds. The van der Waals surface area contributed by atoms with E-state index in [-0.39, 0.29) is 24.3 Å². The van der Waals surface area contributed by atoms with Gasteiger partial charge in [0.05, 0.1) is 11.6 Å². The normalized spacial score (nSPS) is 15.0. The second-order valence-electron chi connectivity index (χ2n) is 7.54. The molecule has 1 unspecified atom stereocenters. The Morgan fingerprint density at radius 3 is 2.52 bits per heavy atom. The standard InChI is InChI=1S/C20H26N4O3/c1-12(2)16-7-5-6-8-17(16)24-14(4)21-18(22-24)19(25)23(15-9-10-15)11-13(3)20(26)27/h5-8,12-13,15H,9-11H2,1-4H3,(H,26,27). The summed E-state index contributed by atoms with van der Waals surface area (Å²) in [5.41, 5.74) is 2.04. The highest BCUT2D eigenvalue weighted by molar-refractivity contribution is 5.91. The van der Waals surface area contributed by atoms with Crippen molar-refractivity contribution < 1.29 is 14.7 Å². The average Bonchev–Trinajstić information content (AvgIpc) is 3.40. The largest absolute Gasteiger partial charge is 0.481 e. The number of hydrogen-bond acceptors (Lipinski definition) is 4. The molecular weight excluding hydrogens is 344 g/mol. The molecular formula is C20H26N4O3. The Morgan fingerprint density at radius 1 is 1.26 bits per heavy atom. The molecule has 144 valence electrons. The maximum Gasteiger partial charge on any atom is 0.308 e. The fraction of sp³-hybridized carbons (Fsp3) is 0.500. The Morgan fingerprint density at radius 2 is 1.93 bits per heavy atom. The van der Waals surface area contributed by atoms with Crippen molar-refractivity contribution in [3.05, 3.63) is 41.5 Å². The van der Waals surface area contributed by atoms with Crippen LogP contribution in [0.3, 0.4) is 0 Å². The SMILES string of the molecule is Cc1nc(C(=O)N(CC(C)C(=O)O)C2CC2)nn1-c1ccccc1C(C)C. The number of rotatable bonds is 7. The van der Waals surface area contributed by atoms with Gasteiger partial charge in [-0.1, -0.05) is 39.0 Å². The van der Waals surface area contributed by atoms with Gasteiger partial charge in [-0.25, -0.2) is 9.67 Å². The second-order valence-corrected chi connectivity index (χ2v) is 7.54. The molecule has 3 rings (SSSR count). The number of benzene rings is 1. The summed E-state index contributed by atoms with van der Waals surface area (Å²) in [5, 5.41) is 13.7. The molecule has 0 aliphatic heterocycles. The van der Waals surface area contributed by atoms with E-state index >= 15 is 0 Å². The molecule has 0 saturated heterocycles. The Labute approximate surface area is 159 Å². The Bertz CT molecular complexity index is 855. The lowest BCUT2D eigenvalue weighted by atomic mass is 10.0. The molecule has 1 aliphatic carbocycles. The molecule has 1 aromatic heterocycles. The molecule has 1 atom stereocenters. The number of aryl methyl sites for hydroxylation is 1. The van der Waals surface area contributed by atoms with Gasteiger partial charge in [-0.2, -0.15) is 0 Å². The summed E-state index contributed by atoms with van der Waals surface area (Å²) in [6.07, 6.45) is 1.79. The zero-order valence-corrected chi connectivity index (χ0v) is 16.2. The minimum Gasteiger partial charge on any atom is -0.481 e. The monoisotopic (exact) mass is 370 g/mol. The summed E-state index contributed by atoms with van der Waals surface area (Å²) < 4.78 is 1.70. The van der Waals surface area contributed by atoms with Crippen LogP contribution < -0.4 is 0 Å². The van der Waals surface area contributed by atoms with Crippen LogP contribution in [0.5, 0.6) is 0 Å². The Hall–Kier alpha value is -2.70. The minimum atomic E-state index is -0.908. The summed E-state index contributed by atoms with van der Waals surface area (Å²) in [4.78, 5) is 30.2. The first kappa shape index (κ1) is 19.1. The van der Waals surface area contributed by atoms with E-state index in [0.717, 1.165) is 24.1 Å². The van der Waals surface area contributed by atoms with E-state index in [1.165, 1.54) is 0 Å². The maximum absolute atomic E-state index is 13.0. The first-order valence-corrected chi connectivity index (χ1v) is 9.36. The van der Waals surface area contributed by atoms with Crippen LogP contribution in [-0.2, 0) is 4.79 Å². The minimum absolute atomic E-state index is 0.0921. The molecule has 1 saturated carbocycles. The number of aliphatic carboxylic acids is 1. The smallest absolute Gasteiger partial charge is 0.308 e. The number of carbonyl (C=O) groups excluding carboxylic acids is 1. The van der Waals surface area contributed by atoms with E-state index in [4.69, 9.17) is 0 Å². The predicted octanol–water partition coefficient (Wildman–Crippen LogP) is 3.02. The zero-order chi connectivity index (χ0) is 19.7. The van der Waals surface area contributed by atoms with Gasteiger partial charge >= 0.3 is 5.97 Å². The highest BCUT2D eigenvalue weighted by Crippen LogP contribution is 2.29. The molecule has 0 radical (unpaired) electrons. The van der Waals surface area contributed by atoms with Gasteiger partial charge in [-0.15, -0.1) is 5.10 Å². The van der Waals surface area contributed by atoms with Crippen LogP contribution >= 0.6 is 0 Å². The van der Waals surface area contributed by atoms with Gasteiger partial charge in [0.15, 0.2) is 0 Å². The van der Waals surface area contributed by atoms with Crippen molar-refractivity contribution in [1.82, 2.24) is 19.7 Å². The molecule has 1 aliphatic rings. The van der Waals surface area contributed by atoms with Crippen molar-refractivity contribution in [3.63, 3.8) is 0 Å². The van der Waals surface area contributed by atoms with Crippen molar-refractivity contribution in [2.45, 2.75) is 52.5 Å². The lowest BCUT2D eigenvalue weighted by Gasteiger charge is -2.22. The molecule has 1 fully saturated rings. The van der Waals surface area contributed by atoms with Crippen LogP contribution in [0, 0.1) is 12.8 Å². The fourth-order valence-electron chi connectivity index (χ4n) is 3.16. The molecule has 27 heavy (non-hydrogen) atoms. The van der Waals surface area contributed by atoms with E-state index < -0.39 is 11.9 Å². The number of amides is 1. The summed E-state index contributed by atoms with van der Waals surface area (Å²) in [6, 6.07) is 8.03. The van der Waals surface area contributed by atoms with Gasteiger partial charge in [0.1, 0.15) is 5.82 Å². The summed E-state index contributed by atoms with van der Waals surface area (Å²) in [5.74, 6) is -0.768. The third kappa shape index (κ3) is 4.02. The second kappa shape index (κ2) is 7.50. The fourth-order valence-corrected chi connectivity index (χ4v) is 3.16. The quantitative estimate of drug-likeness (QED) is 0.809. The maximum atomic E-state index is 13.0. The molecule has 2 aromatic rings. The molecule has 1 N–H and O–H groups in total. The van der Waals surface area contributed by atoms with Crippen molar-refractivity contribution in [2.75, 3.05) is 6.54 Å². The summed E-state index contributed by atoms with van der Waals surface area (Å²) in [6.45, 7) is 7.83. The van der Waals surface area contributed by atoms with Crippen molar-refractivity contribution in [3.8, 4) is 5.69 Å². The van der Waals surface area contributed by atoms with Gasteiger partial charge in [0.2, 0.25) is 5.82 Å². The van der Waals surface area contributed by atoms with Gasteiger partial charge in [0.25, 0.3) is 5.91 Å². The van der Waals surface area contributed by atoms with Crippen molar-refractivity contribution in [2.24, 2.45) is 5.92 Å². The molecule has 0 spiro atoms. The van der Waals surface area contributed by atoms with Gasteiger partial charge in [0, 0.05) is 12.6 Å². The molecule has 1 aromatic carbocycles. The Kier molecular flexibility index (Phi) is 5.30. The Balaban J connectivity index is 1.91. The number of aromatic nitrogens is 3. The van der Waals surface area contributed by atoms with Crippen LogP contribution in [0.1, 0.15) is 61.5 Å². The summed E-state index contributed by atoms with van der Waals surface area (Å²) in [7, 11) is 0. The average molecular weight is 370 g/mol. The van der Waals surface area contributed by atoms with E-state index in [1.54, 1.807) is 16.5 Å². The molecule has 1 heterocycles. The van der Waals surface area contributed by atoms with E-state index in [0.29, 0.717) is 11.7 Å².